The number of rotatable bonds is 2. The smallest absolute Gasteiger partial charge is 0.00578 e. The number of hydrogen-bond donors (Lipinski definition) is 0. The van der Waals surface area contributed by atoms with E-state index in [1.807, 2.05) is 0 Å². The summed E-state index contributed by atoms with van der Waals surface area (Å²) in [6.45, 7) is 6.63. The van der Waals surface area contributed by atoms with Gasteiger partial charge in [0.15, 0.2) is 0 Å². The second-order valence-corrected chi connectivity index (χ2v) is 4.66. The topological polar surface area (TPSA) is 0 Å². The highest BCUT2D eigenvalue weighted by Crippen LogP contribution is 2.37. The maximum Gasteiger partial charge on any atom is -0.00578 e. The summed E-state index contributed by atoms with van der Waals surface area (Å²) in [7, 11) is 0. The van der Waals surface area contributed by atoms with Crippen molar-refractivity contribution >= 4 is 11.1 Å². The molecule has 0 saturated heterocycles. The van der Waals surface area contributed by atoms with E-state index in [2.05, 4.69) is 63.3 Å². The Labute approximate surface area is 119 Å². The van der Waals surface area contributed by atoms with E-state index in [1.54, 1.807) is 0 Å². The van der Waals surface area contributed by atoms with Crippen molar-refractivity contribution in [1.82, 2.24) is 0 Å². The molecule has 0 aromatic heterocycles. The van der Waals surface area contributed by atoms with Crippen molar-refractivity contribution in [3.05, 3.63) is 59.2 Å². The van der Waals surface area contributed by atoms with Gasteiger partial charge >= 0.3 is 0 Å². The van der Waals surface area contributed by atoms with Crippen LogP contribution in [0.1, 0.15) is 59.6 Å². The minimum atomic E-state index is 0. The van der Waals surface area contributed by atoms with Gasteiger partial charge in [-0.1, -0.05) is 69.8 Å². The highest BCUT2D eigenvalue weighted by molar-refractivity contribution is 5.86. The highest BCUT2D eigenvalue weighted by atomic mass is 14.2. The Hall–Kier alpha value is -1.56. The van der Waals surface area contributed by atoms with Gasteiger partial charge < -0.3 is 0 Å². The molecule has 0 amide bonds. The van der Waals surface area contributed by atoms with Crippen LogP contribution in [0.15, 0.2) is 48.1 Å². The first-order chi connectivity index (χ1) is 8.24. The molecule has 0 aliphatic heterocycles. The third kappa shape index (κ3) is 3.70. The van der Waals surface area contributed by atoms with Gasteiger partial charge in [0.05, 0.1) is 0 Å². The van der Waals surface area contributed by atoms with Crippen molar-refractivity contribution in [3.63, 3.8) is 0 Å². The Morgan fingerprint density at radius 2 is 1.68 bits per heavy atom. The van der Waals surface area contributed by atoms with E-state index < -0.39 is 0 Å². The largest absolute Gasteiger partial charge is 0.0848 e. The van der Waals surface area contributed by atoms with Crippen LogP contribution in [0.2, 0.25) is 0 Å². The number of hydrogen-bond acceptors (Lipinski definition) is 0. The maximum absolute atomic E-state index is 2.26. The fourth-order valence-electron chi connectivity index (χ4n) is 2.30. The predicted molar refractivity (Wildman–Crippen MR) is 90.2 cm³/mol. The Kier molecular flexibility index (Phi) is 7.14. The zero-order valence-corrected chi connectivity index (χ0v) is 11.0. The monoisotopic (exact) mass is 256 g/mol. The zero-order chi connectivity index (χ0) is 12.3. The highest BCUT2D eigenvalue weighted by Gasteiger charge is 2.16. The third-order valence-corrected chi connectivity index (χ3v) is 3.44. The molecule has 1 aromatic carbocycles. The maximum atomic E-state index is 2.26. The molecule has 2 rings (SSSR count). The lowest BCUT2D eigenvalue weighted by Gasteiger charge is -2.21. The van der Waals surface area contributed by atoms with Crippen LogP contribution in [-0.4, -0.2) is 0 Å². The van der Waals surface area contributed by atoms with Crippen LogP contribution in [0.4, 0.5) is 0 Å². The van der Waals surface area contributed by atoms with Crippen LogP contribution in [0, 0.1) is 0 Å². The van der Waals surface area contributed by atoms with E-state index >= 15 is 0 Å². The Balaban J connectivity index is 0.00000162. The standard InChI is InChI=1S/C17H20.2CH4/c1-4-5-6-9-15-12-13(2)14(3)16-10-7-8-11-17(15)16;;/h5-11H,4,12H2,1-3H3;2*1H4/b6-5-,15-9+;;. The van der Waals surface area contributed by atoms with Gasteiger partial charge in [-0.05, 0) is 49.0 Å². The van der Waals surface area contributed by atoms with Crippen LogP contribution in [0.5, 0.6) is 0 Å². The quantitative estimate of drug-likeness (QED) is 0.566. The molecular weight excluding hydrogens is 228 g/mol. The number of allylic oxidation sites excluding steroid dienone is 6. The molecule has 0 N–H and O–H groups in total. The normalized spacial score (nSPS) is 16.1. The van der Waals surface area contributed by atoms with Crippen molar-refractivity contribution < 1.29 is 0 Å². The number of benzene rings is 1. The first-order valence-corrected chi connectivity index (χ1v) is 6.36. The van der Waals surface area contributed by atoms with Gasteiger partial charge in [0.25, 0.3) is 0 Å². The molecular formula is C19H28. The molecule has 0 atom stereocenters. The molecule has 104 valence electrons. The van der Waals surface area contributed by atoms with Crippen molar-refractivity contribution in [2.45, 2.75) is 48.5 Å². The SMILES string of the molecule is C.C.CC/C=C\C=C1/CC(C)=C(C)c2ccccc21. The molecule has 0 heterocycles. The van der Waals surface area contributed by atoms with E-state index in [1.165, 1.54) is 27.8 Å². The molecule has 1 aliphatic rings. The van der Waals surface area contributed by atoms with Gasteiger partial charge in [-0.3, -0.25) is 0 Å². The molecule has 0 bridgehead atoms. The van der Waals surface area contributed by atoms with Crippen molar-refractivity contribution in [1.29, 1.82) is 0 Å². The van der Waals surface area contributed by atoms with Crippen LogP contribution in [-0.2, 0) is 0 Å². The lowest BCUT2D eigenvalue weighted by molar-refractivity contribution is 1.18. The second kappa shape index (κ2) is 7.78. The van der Waals surface area contributed by atoms with Gasteiger partial charge in [-0.2, -0.15) is 0 Å². The molecule has 1 aromatic rings. The molecule has 0 spiro atoms. The molecule has 0 unspecified atom stereocenters. The summed E-state index contributed by atoms with van der Waals surface area (Å²) in [5.41, 5.74) is 7.16. The molecule has 0 nitrogen and oxygen atoms in total. The zero-order valence-electron chi connectivity index (χ0n) is 11.0. The summed E-state index contributed by atoms with van der Waals surface area (Å²) in [6.07, 6.45) is 8.82. The lowest BCUT2D eigenvalue weighted by atomic mass is 9.83. The lowest BCUT2D eigenvalue weighted by Crippen LogP contribution is -2.00. The number of fused-ring (bicyclic) bond motifs is 1. The average Bonchev–Trinajstić information content (AvgIpc) is 2.36. The van der Waals surface area contributed by atoms with E-state index in [9.17, 15) is 0 Å². The summed E-state index contributed by atoms with van der Waals surface area (Å²) in [4.78, 5) is 0. The summed E-state index contributed by atoms with van der Waals surface area (Å²) < 4.78 is 0. The Morgan fingerprint density at radius 3 is 2.32 bits per heavy atom. The fourth-order valence-corrected chi connectivity index (χ4v) is 2.30. The van der Waals surface area contributed by atoms with Gasteiger partial charge in [0.1, 0.15) is 0 Å². The Bertz CT molecular complexity index is 499. The molecule has 0 heteroatoms. The Morgan fingerprint density at radius 1 is 1.05 bits per heavy atom. The summed E-state index contributed by atoms with van der Waals surface area (Å²) in [5.74, 6) is 0. The molecule has 1 aliphatic carbocycles. The molecule has 0 saturated carbocycles. The molecule has 0 fully saturated rings. The van der Waals surface area contributed by atoms with Crippen LogP contribution in [0.3, 0.4) is 0 Å². The predicted octanol–water partition coefficient (Wildman–Crippen LogP) is 6.51. The van der Waals surface area contributed by atoms with Gasteiger partial charge in [-0.25, -0.2) is 0 Å². The third-order valence-electron chi connectivity index (χ3n) is 3.44. The van der Waals surface area contributed by atoms with E-state index in [4.69, 9.17) is 0 Å². The van der Waals surface area contributed by atoms with Crippen LogP contribution in [0.25, 0.3) is 11.1 Å². The first-order valence-electron chi connectivity index (χ1n) is 6.36. The summed E-state index contributed by atoms with van der Waals surface area (Å²) in [5, 5.41) is 0. The van der Waals surface area contributed by atoms with Crippen molar-refractivity contribution in [2.75, 3.05) is 0 Å². The van der Waals surface area contributed by atoms with Gasteiger partial charge in [-0.15, -0.1) is 0 Å². The summed E-state index contributed by atoms with van der Waals surface area (Å²) >= 11 is 0. The van der Waals surface area contributed by atoms with Gasteiger partial charge in [0.2, 0.25) is 0 Å². The molecule has 0 radical (unpaired) electrons. The van der Waals surface area contributed by atoms with E-state index in [0.29, 0.717) is 0 Å². The van der Waals surface area contributed by atoms with Gasteiger partial charge in [0, 0.05) is 0 Å². The van der Waals surface area contributed by atoms with E-state index in [0.717, 1.165) is 12.8 Å². The summed E-state index contributed by atoms with van der Waals surface area (Å²) in [6, 6.07) is 8.71. The first kappa shape index (κ1) is 17.4. The minimum Gasteiger partial charge on any atom is -0.0848 e. The van der Waals surface area contributed by atoms with Crippen molar-refractivity contribution in [2.24, 2.45) is 0 Å². The second-order valence-electron chi connectivity index (χ2n) is 4.66. The average molecular weight is 256 g/mol. The van der Waals surface area contributed by atoms with Crippen LogP contribution < -0.4 is 0 Å². The fraction of sp³-hybridized carbons (Fsp3) is 0.368. The van der Waals surface area contributed by atoms with Crippen LogP contribution >= 0.6 is 0 Å². The van der Waals surface area contributed by atoms with Crippen molar-refractivity contribution in [3.8, 4) is 0 Å². The minimum absolute atomic E-state index is 0. The molecule has 19 heavy (non-hydrogen) atoms. The van der Waals surface area contributed by atoms with E-state index in [-0.39, 0.29) is 14.9 Å².